The molecule has 0 saturated carbocycles. The number of carbonyl (C=O) groups is 2. The first-order valence-corrected chi connectivity index (χ1v) is 9.59. The smallest absolute Gasteiger partial charge is 0.229 e. The van der Waals surface area contributed by atoms with E-state index in [1.807, 2.05) is 54.8 Å². The van der Waals surface area contributed by atoms with Crippen LogP contribution in [0.25, 0.3) is 0 Å². The Hall–Kier alpha value is -1.79. The highest BCUT2D eigenvalue weighted by Crippen LogP contribution is 2.28. The Bertz CT molecular complexity index is 764. The maximum atomic E-state index is 12.5. The molecule has 1 aliphatic rings. The van der Waals surface area contributed by atoms with Crippen molar-refractivity contribution in [2.45, 2.75) is 11.3 Å². The van der Waals surface area contributed by atoms with E-state index in [4.69, 9.17) is 0 Å². The summed E-state index contributed by atoms with van der Waals surface area (Å²) in [6.07, 6.45) is 2.25. The third-order valence-corrected chi connectivity index (χ3v) is 5.21. The van der Waals surface area contributed by atoms with Crippen LogP contribution in [-0.2, 0) is 9.59 Å². The fraction of sp³-hybridized carbons (Fsp3) is 0.222. The van der Waals surface area contributed by atoms with Crippen LogP contribution in [0.1, 0.15) is 6.42 Å². The number of anilines is 2. The topological polar surface area (TPSA) is 49.4 Å². The normalized spacial score (nSPS) is 17.2. The van der Waals surface area contributed by atoms with Crippen LogP contribution in [0.4, 0.5) is 11.4 Å². The number of thioether (sulfide) groups is 1. The monoisotopic (exact) mass is 404 g/mol. The number of nitrogens with one attached hydrogen (secondary N) is 1. The van der Waals surface area contributed by atoms with Gasteiger partial charge in [0.05, 0.1) is 5.92 Å². The maximum Gasteiger partial charge on any atom is 0.229 e. The number of hydrogen-bond acceptors (Lipinski definition) is 3. The lowest BCUT2D eigenvalue weighted by Crippen LogP contribution is -2.28. The van der Waals surface area contributed by atoms with Crippen molar-refractivity contribution in [3.05, 3.63) is 53.0 Å². The third kappa shape index (κ3) is 3.82. The molecule has 24 heavy (non-hydrogen) atoms. The summed E-state index contributed by atoms with van der Waals surface area (Å²) in [5, 5.41) is 2.90. The van der Waals surface area contributed by atoms with E-state index in [0.717, 1.165) is 20.7 Å². The molecule has 6 heteroatoms. The minimum atomic E-state index is -0.336. The molecule has 2 amide bonds. The van der Waals surface area contributed by atoms with Gasteiger partial charge in [-0.2, -0.15) is 0 Å². The highest BCUT2D eigenvalue weighted by atomic mass is 79.9. The van der Waals surface area contributed by atoms with Gasteiger partial charge in [-0.3, -0.25) is 9.59 Å². The molecule has 3 rings (SSSR count). The van der Waals surface area contributed by atoms with Crippen LogP contribution in [0.2, 0.25) is 0 Å². The zero-order valence-corrected chi connectivity index (χ0v) is 15.6. The Balaban J connectivity index is 1.67. The predicted molar refractivity (Wildman–Crippen MR) is 101 cm³/mol. The molecule has 2 aromatic rings. The van der Waals surface area contributed by atoms with Crippen molar-refractivity contribution in [2.24, 2.45) is 5.92 Å². The van der Waals surface area contributed by atoms with E-state index in [1.54, 1.807) is 16.7 Å². The second-order valence-corrected chi connectivity index (χ2v) is 7.40. The van der Waals surface area contributed by atoms with Crippen LogP contribution in [0.3, 0.4) is 0 Å². The second kappa shape index (κ2) is 7.40. The van der Waals surface area contributed by atoms with Crippen LogP contribution in [0, 0.1) is 5.92 Å². The SMILES string of the molecule is CSc1ccc(NC(=O)C2CC(=O)N(c3cccc(Br)c3)C2)cc1. The first kappa shape index (κ1) is 17.0. The molecule has 0 bridgehead atoms. The summed E-state index contributed by atoms with van der Waals surface area (Å²) < 4.78 is 0.912. The number of amides is 2. The molecule has 1 fully saturated rings. The molecule has 0 aromatic heterocycles. The summed E-state index contributed by atoms with van der Waals surface area (Å²) in [7, 11) is 0. The first-order valence-electron chi connectivity index (χ1n) is 7.57. The summed E-state index contributed by atoms with van der Waals surface area (Å²) in [5.74, 6) is -0.472. The fourth-order valence-electron chi connectivity index (χ4n) is 2.70. The lowest BCUT2D eigenvalue weighted by Gasteiger charge is -2.17. The van der Waals surface area contributed by atoms with Gasteiger partial charge in [0.25, 0.3) is 0 Å². The quantitative estimate of drug-likeness (QED) is 0.778. The summed E-state index contributed by atoms with van der Waals surface area (Å²) in [6, 6.07) is 15.3. The van der Waals surface area contributed by atoms with Crippen LogP contribution in [0.15, 0.2) is 57.9 Å². The number of nitrogens with zero attached hydrogens (tertiary/aromatic N) is 1. The number of carbonyl (C=O) groups excluding carboxylic acids is 2. The van der Waals surface area contributed by atoms with E-state index in [-0.39, 0.29) is 24.2 Å². The molecule has 0 spiro atoms. The molecular formula is C18H17BrN2O2S. The molecule has 2 aromatic carbocycles. The van der Waals surface area contributed by atoms with Crippen LogP contribution in [-0.4, -0.2) is 24.6 Å². The summed E-state index contributed by atoms with van der Waals surface area (Å²) >= 11 is 5.06. The maximum absolute atomic E-state index is 12.5. The summed E-state index contributed by atoms with van der Waals surface area (Å²) in [5.41, 5.74) is 1.57. The van der Waals surface area contributed by atoms with E-state index in [9.17, 15) is 9.59 Å². The Morgan fingerprint density at radius 2 is 2.00 bits per heavy atom. The Labute approximate surface area is 153 Å². The lowest BCUT2D eigenvalue weighted by molar-refractivity contribution is -0.122. The predicted octanol–water partition coefficient (Wildman–Crippen LogP) is 4.16. The van der Waals surface area contributed by atoms with Gasteiger partial charge in [-0.15, -0.1) is 11.8 Å². The van der Waals surface area contributed by atoms with Gasteiger partial charge in [0.1, 0.15) is 0 Å². The van der Waals surface area contributed by atoms with Crippen molar-refractivity contribution >= 4 is 50.9 Å². The minimum absolute atomic E-state index is 0.0222. The number of hydrogen-bond donors (Lipinski definition) is 1. The molecule has 1 N–H and O–H groups in total. The van der Waals surface area contributed by atoms with E-state index in [0.29, 0.717) is 6.54 Å². The molecule has 1 aliphatic heterocycles. The van der Waals surface area contributed by atoms with Crippen molar-refractivity contribution in [2.75, 3.05) is 23.0 Å². The molecular weight excluding hydrogens is 388 g/mol. The van der Waals surface area contributed by atoms with Crippen molar-refractivity contribution in [1.82, 2.24) is 0 Å². The standard InChI is InChI=1S/C18H17BrN2O2S/c1-24-16-7-5-14(6-8-16)20-18(23)12-9-17(22)21(11-12)15-4-2-3-13(19)10-15/h2-8,10,12H,9,11H2,1H3,(H,20,23). The van der Waals surface area contributed by atoms with Gasteiger partial charge in [0.15, 0.2) is 0 Å². The number of halogens is 1. The van der Waals surface area contributed by atoms with Gasteiger partial charge in [-0.25, -0.2) is 0 Å². The Morgan fingerprint density at radius 3 is 2.67 bits per heavy atom. The average molecular weight is 405 g/mol. The summed E-state index contributed by atoms with van der Waals surface area (Å²) in [4.78, 5) is 27.5. The van der Waals surface area contributed by atoms with Crippen LogP contribution < -0.4 is 10.2 Å². The van der Waals surface area contributed by atoms with Gasteiger partial charge >= 0.3 is 0 Å². The molecule has 124 valence electrons. The van der Waals surface area contributed by atoms with Gasteiger partial charge in [-0.1, -0.05) is 22.0 Å². The molecule has 1 unspecified atom stereocenters. The highest BCUT2D eigenvalue weighted by Gasteiger charge is 2.35. The van der Waals surface area contributed by atoms with Crippen molar-refractivity contribution in [1.29, 1.82) is 0 Å². The van der Waals surface area contributed by atoms with E-state index < -0.39 is 0 Å². The molecule has 0 radical (unpaired) electrons. The Kier molecular flexibility index (Phi) is 5.26. The Morgan fingerprint density at radius 1 is 1.25 bits per heavy atom. The van der Waals surface area contributed by atoms with Crippen molar-refractivity contribution in [3.8, 4) is 0 Å². The van der Waals surface area contributed by atoms with Crippen molar-refractivity contribution < 1.29 is 9.59 Å². The number of rotatable bonds is 4. The first-order chi connectivity index (χ1) is 11.6. The molecule has 1 atom stereocenters. The number of benzene rings is 2. The molecule has 0 aliphatic carbocycles. The van der Waals surface area contributed by atoms with E-state index in [2.05, 4.69) is 21.2 Å². The highest BCUT2D eigenvalue weighted by molar-refractivity contribution is 9.10. The minimum Gasteiger partial charge on any atom is -0.326 e. The van der Waals surface area contributed by atoms with E-state index in [1.165, 1.54) is 0 Å². The second-order valence-electron chi connectivity index (χ2n) is 5.60. The zero-order valence-electron chi connectivity index (χ0n) is 13.2. The van der Waals surface area contributed by atoms with Gasteiger partial charge in [0.2, 0.25) is 11.8 Å². The molecule has 4 nitrogen and oxygen atoms in total. The van der Waals surface area contributed by atoms with Crippen LogP contribution in [0.5, 0.6) is 0 Å². The largest absolute Gasteiger partial charge is 0.326 e. The molecule has 1 heterocycles. The van der Waals surface area contributed by atoms with E-state index >= 15 is 0 Å². The summed E-state index contributed by atoms with van der Waals surface area (Å²) in [6.45, 7) is 0.407. The van der Waals surface area contributed by atoms with Gasteiger partial charge in [0, 0.05) is 33.7 Å². The van der Waals surface area contributed by atoms with Crippen LogP contribution >= 0.6 is 27.7 Å². The lowest BCUT2D eigenvalue weighted by atomic mass is 10.1. The third-order valence-electron chi connectivity index (χ3n) is 3.97. The average Bonchev–Trinajstić information content (AvgIpc) is 2.97. The van der Waals surface area contributed by atoms with Crippen molar-refractivity contribution in [3.63, 3.8) is 0 Å². The zero-order chi connectivity index (χ0) is 17.1. The fourth-order valence-corrected chi connectivity index (χ4v) is 3.49. The molecule has 1 saturated heterocycles. The van der Waals surface area contributed by atoms with Gasteiger partial charge in [-0.05, 0) is 48.7 Å². The van der Waals surface area contributed by atoms with Gasteiger partial charge < -0.3 is 10.2 Å².